The number of rotatable bonds is 13. The molecule has 0 radical (unpaired) electrons. The number of ether oxygens (including phenoxy) is 1. The second kappa shape index (κ2) is 13.0. The summed E-state index contributed by atoms with van der Waals surface area (Å²) in [5.74, 6) is -0.890. The molecular weight excluding hydrogens is 336 g/mol. The van der Waals surface area contributed by atoms with E-state index in [0.29, 0.717) is 25.7 Å². The number of carboxylic acid groups (broad SMARTS) is 1. The van der Waals surface area contributed by atoms with Crippen LogP contribution in [0.1, 0.15) is 64.7 Å². The summed E-state index contributed by atoms with van der Waals surface area (Å²) in [4.78, 5) is 10.5. The van der Waals surface area contributed by atoms with Crippen molar-refractivity contribution in [1.29, 1.82) is 0 Å². The van der Waals surface area contributed by atoms with Gasteiger partial charge in [0.05, 0.1) is 24.4 Å². The van der Waals surface area contributed by atoms with E-state index in [1.165, 1.54) is 12.8 Å². The topological polar surface area (TPSA) is 107 Å². The number of allylic oxidation sites excluding steroid dienone is 1. The van der Waals surface area contributed by atoms with Crippen LogP contribution in [0, 0.1) is 0 Å². The van der Waals surface area contributed by atoms with Crippen LogP contribution < -0.4 is 0 Å². The molecular formula is C20H34O6. The van der Waals surface area contributed by atoms with Gasteiger partial charge in [0.15, 0.2) is 0 Å². The first kappa shape index (κ1) is 22.8. The Morgan fingerprint density at radius 3 is 2.69 bits per heavy atom. The lowest BCUT2D eigenvalue weighted by Gasteiger charge is -2.17. The second-order valence-corrected chi connectivity index (χ2v) is 6.95. The normalized spacial score (nSPS) is 25.9. The number of hydrogen-bond donors (Lipinski definition) is 4. The SMILES string of the molecule is CCCCC/C=C\C[C@H](O)/C=C/[C@@H]1O[C@@H]([C@H](O)CCCC(=O)O)C[C@@H]1O. The Morgan fingerprint density at radius 1 is 1.23 bits per heavy atom. The number of unbranched alkanes of at least 4 members (excludes halogenated alkanes) is 3. The molecule has 26 heavy (non-hydrogen) atoms. The summed E-state index contributed by atoms with van der Waals surface area (Å²) < 4.78 is 5.65. The molecule has 1 heterocycles. The first-order valence-electron chi connectivity index (χ1n) is 9.68. The molecule has 1 aliphatic heterocycles. The zero-order valence-electron chi connectivity index (χ0n) is 15.7. The van der Waals surface area contributed by atoms with Gasteiger partial charge < -0.3 is 25.2 Å². The first-order chi connectivity index (χ1) is 12.4. The third-order valence-corrected chi connectivity index (χ3v) is 4.55. The lowest BCUT2D eigenvalue weighted by molar-refractivity contribution is -0.137. The number of carboxylic acids is 1. The van der Waals surface area contributed by atoms with Crippen molar-refractivity contribution in [2.24, 2.45) is 0 Å². The van der Waals surface area contributed by atoms with Gasteiger partial charge in [0.1, 0.15) is 6.10 Å². The van der Waals surface area contributed by atoms with E-state index in [0.717, 1.165) is 12.8 Å². The van der Waals surface area contributed by atoms with Gasteiger partial charge in [0, 0.05) is 12.8 Å². The molecule has 0 unspecified atom stereocenters. The molecule has 1 rings (SSSR count). The number of hydrogen-bond acceptors (Lipinski definition) is 5. The van der Waals surface area contributed by atoms with E-state index in [-0.39, 0.29) is 6.42 Å². The van der Waals surface area contributed by atoms with E-state index in [2.05, 4.69) is 13.0 Å². The third-order valence-electron chi connectivity index (χ3n) is 4.55. The van der Waals surface area contributed by atoms with E-state index >= 15 is 0 Å². The van der Waals surface area contributed by atoms with Gasteiger partial charge >= 0.3 is 5.97 Å². The van der Waals surface area contributed by atoms with Crippen molar-refractivity contribution in [2.75, 3.05) is 0 Å². The molecule has 0 bridgehead atoms. The minimum Gasteiger partial charge on any atom is -0.481 e. The minimum atomic E-state index is -0.890. The summed E-state index contributed by atoms with van der Waals surface area (Å²) in [6.45, 7) is 2.16. The summed E-state index contributed by atoms with van der Waals surface area (Å²) in [6.07, 6.45) is 10.2. The fourth-order valence-electron chi connectivity index (χ4n) is 2.97. The van der Waals surface area contributed by atoms with Crippen molar-refractivity contribution in [3.05, 3.63) is 24.3 Å². The Labute approximate surface area is 156 Å². The number of aliphatic hydroxyl groups excluding tert-OH is 3. The highest BCUT2D eigenvalue weighted by molar-refractivity contribution is 5.66. The molecule has 0 spiro atoms. The predicted octanol–water partition coefficient (Wildman–Crippen LogP) is 2.56. The Morgan fingerprint density at radius 2 is 2.00 bits per heavy atom. The van der Waals surface area contributed by atoms with Crippen LogP contribution in [0.25, 0.3) is 0 Å². The van der Waals surface area contributed by atoms with Gasteiger partial charge in [-0.1, -0.05) is 44.1 Å². The van der Waals surface area contributed by atoms with Crippen molar-refractivity contribution in [2.45, 2.75) is 95.2 Å². The van der Waals surface area contributed by atoms with Crippen molar-refractivity contribution in [3.8, 4) is 0 Å². The van der Waals surface area contributed by atoms with Crippen LogP contribution in [0.3, 0.4) is 0 Å². The van der Waals surface area contributed by atoms with Crippen molar-refractivity contribution in [3.63, 3.8) is 0 Å². The predicted molar refractivity (Wildman–Crippen MR) is 99.8 cm³/mol. The zero-order valence-corrected chi connectivity index (χ0v) is 15.7. The van der Waals surface area contributed by atoms with Gasteiger partial charge in [-0.15, -0.1) is 0 Å². The second-order valence-electron chi connectivity index (χ2n) is 6.95. The van der Waals surface area contributed by atoms with Gasteiger partial charge in [-0.2, -0.15) is 0 Å². The van der Waals surface area contributed by atoms with E-state index < -0.39 is 36.5 Å². The molecule has 0 aromatic carbocycles. The molecule has 0 amide bonds. The lowest BCUT2D eigenvalue weighted by Crippen LogP contribution is -2.26. The number of aliphatic hydroxyl groups is 3. The van der Waals surface area contributed by atoms with Crippen molar-refractivity contribution >= 4 is 5.97 Å². The molecule has 1 fully saturated rings. The highest BCUT2D eigenvalue weighted by atomic mass is 16.5. The average Bonchev–Trinajstić information content (AvgIpc) is 2.96. The maximum Gasteiger partial charge on any atom is 0.303 e. The quantitative estimate of drug-likeness (QED) is 0.293. The number of aliphatic carboxylic acids is 1. The standard InChI is InChI=1S/C20H34O6/c1-2-3-4-5-6-7-9-15(21)12-13-18-17(23)14-19(26-18)16(22)10-8-11-20(24)25/h6-7,12-13,15-19,21-23H,2-5,8-11,14H2,1H3,(H,24,25)/b7-6-,13-12+/t15-,16+,17-,18-,19+/m0/s1. The first-order valence-corrected chi connectivity index (χ1v) is 9.68. The van der Waals surface area contributed by atoms with Crippen LogP contribution in [-0.2, 0) is 9.53 Å². The van der Waals surface area contributed by atoms with Crippen LogP contribution in [0.4, 0.5) is 0 Å². The van der Waals surface area contributed by atoms with Crippen LogP contribution in [0.2, 0.25) is 0 Å². The third kappa shape index (κ3) is 9.48. The zero-order chi connectivity index (χ0) is 19.4. The number of carbonyl (C=O) groups is 1. The van der Waals surface area contributed by atoms with Gasteiger partial charge in [-0.05, 0) is 32.1 Å². The highest BCUT2D eigenvalue weighted by Crippen LogP contribution is 2.26. The Bertz CT molecular complexity index is 448. The molecule has 1 aliphatic rings. The van der Waals surface area contributed by atoms with Gasteiger partial charge in [0.25, 0.3) is 0 Å². The maximum atomic E-state index is 10.5. The van der Waals surface area contributed by atoms with Crippen LogP contribution in [-0.4, -0.2) is 56.9 Å². The average molecular weight is 370 g/mol. The summed E-state index contributed by atoms with van der Waals surface area (Å²) in [5, 5.41) is 38.7. The van der Waals surface area contributed by atoms with E-state index in [9.17, 15) is 20.1 Å². The molecule has 0 aromatic heterocycles. The fourth-order valence-corrected chi connectivity index (χ4v) is 2.97. The Balaban J connectivity index is 2.31. The van der Waals surface area contributed by atoms with Gasteiger partial charge in [-0.25, -0.2) is 0 Å². The smallest absolute Gasteiger partial charge is 0.303 e. The molecule has 1 saturated heterocycles. The minimum absolute atomic E-state index is 0.00776. The monoisotopic (exact) mass is 370 g/mol. The summed E-state index contributed by atoms with van der Waals surface area (Å²) in [5.41, 5.74) is 0. The maximum absolute atomic E-state index is 10.5. The molecule has 6 heteroatoms. The molecule has 6 nitrogen and oxygen atoms in total. The van der Waals surface area contributed by atoms with Crippen LogP contribution in [0.5, 0.6) is 0 Å². The molecule has 5 atom stereocenters. The van der Waals surface area contributed by atoms with Gasteiger partial charge in [-0.3, -0.25) is 4.79 Å². The summed E-state index contributed by atoms with van der Waals surface area (Å²) in [7, 11) is 0. The summed E-state index contributed by atoms with van der Waals surface area (Å²) in [6, 6.07) is 0. The largest absolute Gasteiger partial charge is 0.481 e. The summed E-state index contributed by atoms with van der Waals surface area (Å²) >= 11 is 0. The molecule has 0 aromatic rings. The highest BCUT2D eigenvalue weighted by Gasteiger charge is 2.36. The van der Waals surface area contributed by atoms with Crippen molar-refractivity contribution in [1.82, 2.24) is 0 Å². The lowest BCUT2D eigenvalue weighted by atomic mass is 10.0. The van der Waals surface area contributed by atoms with Crippen LogP contribution >= 0.6 is 0 Å². The van der Waals surface area contributed by atoms with E-state index in [1.54, 1.807) is 12.2 Å². The molecule has 4 N–H and O–H groups in total. The fraction of sp³-hybridized carbons (Fsp3) is 0.750. The molecule has 0 saturated carbocycles. The van der Waals surface area contributed by atoms with E-state index in [1.807, 2.05) is 6.08 Å². The Hall–Kier alpha value is -1.21. The Kier molecular flexibility index (Phi) is 11.4. The molecule has 0 aliphatic carbocycles. The van der Waals surface area contributed by atoms with Gasteiger partial charge in [0.2, 0.25) is 0 Å². The van der Waals surface area contributed by atoms with Crippen molar-refractivity contribution < 1.29 is 30.0 Å². The van der Waals surface area contributed by atoms with E-state index in [4.69, 9.17) is 9.84 Å². The molecule has 150 valence electrons. The van der Waals surface area contributed by atoms with Crippen LogP contribution in [0.15, 0.2) is 24.3 Å².